The summed E-state index contributed by atoms with van der Waals surface area (Å²) in [5, 5.41) is 0.171. The molecule has 1 aromatic heterocycles. The maximum absolute atomic E-state index is 14.1. The van der Waals surface area contributed by atoms with Crippen LogP contribution in [-0.2, 0) is 4.79 Å². The van der Waals surface area contributed by atoms with Crippen LogP contribution in [0.25, 0.3) is 11.3 Å². The van der Waals surface area contributed by atoms with Crippen molar-refractivity contribution in [3.05, 3.63) is 69.6 Å². The van der Waals surface area contributed by atoms with Gasteiger partial charge in [0.2, 0.25) is 6.41 Å². The Kier molecular flexibility index (Phi) is 8.02. The van der Waals surface area contributed by atoms with Gasteiger partial charge in [-0.2, -0.15) is 0 Å². The van der Waals surface area contributed by atoms with E-state index in [4.69, 9.17) is 38.7 Å². The van der Waals surface area contributed by atoms with Crippen LogP contribution in [0.5, 0.6) is 5.88 Å². The number of aromatic nitrogens is 2. The van der Waals surface area contributed by atoms with Crippen molar-refractivity contribution in [1.29, 1.82) is 0 Å². The quantitative estimate of drug-likeness (QED) is 0.295. The first-order valence-corrected chi connectivity index (χ1v) is 13.6. The topological polar surface area (TPSA) is 84.6 Å². The number of amides is 1. The summed E-state index contributed by atoms with van der Waals surface area (Å²) in [6, 6.07) is 11.1. The molecular formula is C28H30Cl2FN5O2. The van der Waals surface area contributed by atoms with E-state index in [-0.39, 0.29) is 27.7 Å². The van der Waals surface area contributed by atoms with Crippen molar-refractivity contribution < 1.29 is 13.9 Å². The number of rotatable bonds is 7. The van der Waals surface area contributed by atoms with Crippen molar-refractivity contribution in [3.8, 4) is 17.1 Å². The van der Waals surface area contributed by atoms with Crippen LogP contribution in [0.1, 0.15) is 49.3 Å². The van der Waals surface area contributed by atoms with Gasteiger partial charge in [-0.25, -0.2) is 14.4 Å². The molecule has 3 aromatic rings. The van der Waals surface area contributed by atoms with Crippen LogP contribution in [0.4, 0.5) is 10.2 Å². The Labute approximate surface area is 231 Å². The first kappa shape index (κ1) is 26.7. The van der Waals surface area contributed by atoms with Gasteiger partial charge in [-0.1, -0.05) is 47.5 Å². The third-order valence-electron chi connectivity index (χ3n) is 7.54. The highest BCUT2D eigenvalue weighted by atomic mass is 35.5. The molecule has 3 unspecified atom stereocenters. The highest BCUT2D eigenvalue weighted by molar-refractivity contribution is 6.36. The van der Waals surface area contributed by atoms with Crippen LogP contribution in [0, 0.1) is 5.82 Å². The number of carbonyl (C=O) groups excluding carboxylic acids is 1. The van der Waals surface area contributed by atoms with Crippen LogP contribution in [-0.4, -0.2) is 58.4 Å². The van der Waals surface area contributed by atoms with Gasteiger partial charge in [-0.15, -0.1) is 0 Å². The molecule has 10 heteroatoms. The minimum atomic E-state index is -0.730. The van der Waals surface area contributed by atoms with Gasteiger partial charge in [0.15, 0.2) is 5.82 Å². The molecular weight excluding hydrogens is 528 g/mol. The molecule has 0 saturated carbocycles. The van der Waals surface area contributed by atoms with Gasteiger partial charge >= 0.3 is 0 Å². The second kappa shape index (κ2) is 11.4. The van der Waals surface area contributed by atoms with Gasteiger partial charge in [0.05, 0.1) is 16.9 Å². The highest BCUT2D eigenvalue weighted by Gasteiger charge is 2.36. The number of benzene rings is 2. The largest absolute Gasteiger partial charge is 0.467 e. The predicted molar refractivity (Wildman–Crippen MR) is 147 cm³/mol. The number of carbonyl (C=O) groups is 1. The zero-order valence-corrected chi connectivity index (χ0v) is 22.6. The average Bonchev–Trinajstić information content (AvgIpc) is 3.47. The standard InChI is InChI=1S/C28H30Cl2FN5O2/c1-17(25-21(29)8-9-22(31)26(25)30)38-28-27(32)33-14-23(34-28)19-7-3-2-6-18(19)20-15-35(16-37)13-10-24(20)36-11-4-5-12-36/h2-3,6-9,14,16-17,20,24H,4-5,10-13,15H2,1H3,(H2,32,33). The summed E-state index contributed by atoms with van der Waals surface area (Å²) in [6.45, 7) is 5.25. The Hall–Kier alpha value is -2.94. The van der Waals surface area contributed by atoms with E-state index < -0.39 is 11.9 Å². The van der Waals surface area contributed by atoms with Gasteiger partial charge in [0, 0.05) is 41.2 Å². The van der Waals surface area contributed by atoms with Crippen molar-refractivity contribution in [2.45, 2.75) is 44.2 Å². The van der Waals surface area contributed by atoms with E-state index in [0.717, 1.165) is 43.6 Å². The van der Waals surface area contributed by atoms with Crippen molar-refractivity contribution in [1.82, 2.24) is 19.8 Å². The van der Waals surface area contributed by atoms with E-state index in [0.29, 0.717) is 23.8 Å². The minimum absolute atomic E-state index is 0.0986. The van der Waals surface area contributed by atoms with Crippen LogP contribution >= 0.6 is 23.2 Å². The number of nitrogens with zero attached hydrogens (tertiary/aromatic N) is 4. The fourth-order valence-corrected chi connectivity index (χ4v) is 6.35. The molecule has 2 aliphatic heterocycles. The second-order valence-electron chi connectivity index (χ2n) is 9.86. The molecule has 2 aromatic carbocycles. The lowest BCUT2D eigenvalue weighted by Crippen LogP contribution is -2.48. The summed E-state index contributed by atoms with van der Waals surface area (Å²) in [5.74, 6) is -0.264. The normalized spacial score (nSPS) is 20.9. The van der Waals surface area contributed by atoms with Gasteiger partial charge in [-0.3, -0.25) is 9.69 Å². The van der Waals surface area contributed by atoms with E-state index in [1.165, 1.54) is 25.0 Å². The van der Waals surface area contributed by atoms with E-state index in [2.05, 4.69) is 16.0 Å². The number of anilines is 1. The molecule has 200 valence electrons. The van der Waals surface area contributed by atoms with Crippen molar-refractivity contribution in [3.63, 3.8) is 0 Å². The molecule has 5 rings (SSSR count). The predicted octanol–water partition coefficient (Wildman–Crippen LogP) is 5.72. The summed E-state index contributed by atoms with van der Waals surface area (Å²) < 4.78 is 20.1. The van der Waals surface area contributed by atoms with Crippen LogP contribution < -0.4 is 10.5 Å². The second-order valence-corrected chi connectivity index (χ2v) is 10.6. The molecule has 2 N–H and O–H groups in total. The molecule has 2 aliphatic rings. The van der Waals surface area contributed by atoms with Gasteiger partial charge < -0.3 is 15.4 Å². The van der Waals surface area contributed by atoms with Crippen LogP contribution in [0.15, 0.2) is 42.6 Å². The average molecular weight is 558 g/mol. The van der Waals surface area contributed by atoms with E-state index in [1.54, 1.807) is 13.1 Å². The molecule has 0 radical (unpaired) electrons. The van der Waals surface area contributed by atoms with Crippen LogP contribution in [0.2, 0.25) is 10.0 Å². The first-order chi connectivity index (χ1) is 18.4. The smallest absolute Gasteiger partial charge is 0.258 e. The Morgan fingerprint density at radius 2 is 1.92 bits per heavy atom. The zero-order valence-electron chi connectivity index (χ0n) is 21.1. The summed E-state index contributed by atoms with van der Waals surface area (Å²) in [7, 11) is 0. The third kappa shape index (κ3) is 5.30. The summed E-state index contributed by atoms with van der Waals surface area (Å²) in [6.07, 6.45) is 5.15. The molecule has 0 aliphatic carbocycles. The first-order valence-electron chi connectivity index (χ1n) is 12.8. The third-order valence-corrected chi connectivity index (χ3v) is 8.26. The Balaban J connectivity index is 1.49. The minimum Gasteiger partial charge on any atom is -0.467 e. The van der Waals surface area contributed by atoms with Crippen molar-refractivity contribution in [2.75, 3.05) is 31.9 Å². The Morgan fingerprint density at radius 1 is 1.16 bits per heavy atom. The van der Waals surface area contributed by atoms with E-state index >= 15 is 0 Å². The summed E-state index contributed by atoms with van der Waals surface area (Å²) >= 11 is 12.5. The molecule has 3 atom stereocenters. The van der Waals surface area contributed by atoms with E-state index in [1.807, 2.05) is 23.1 Å². The Morgan fingerprint density at radius 3 is 2.68 bits per heavy atom. The highest BCUT2D eigenvalue weighted by Crippen LogP contribution is 2.39. The Bertz CT molecular complexity index is 1320. The monoisotopic (exact) mass is 557 g/mol. The van der Waals surface area contributed by atoms with Gasteiger partial charge in [0.25, 0.3) is 5.88 Å². The number of halogens is 3. The lowest BCUT2D eigenvalue weighted by molar-refractivity contribution is -0.120. The number of hydrogen-bond acceptors (Lipinski definition) is 6. The lowest BCUT2D eigenvalue weighted by Gasteiger charge is -2.42. The maximum atomic E-state index is 14.1. The summed E-state index contributed by atoms with van der Waals surface area (Å²) in [5.41, 5.74) is 9.04. The number of nitrogen functional groups attached to an aromatic ring is 1. The molecule has 7 nitrogen and oxygen atoms in total. The fourth-order valence-electron chi connectivity index (χ4n) is 5.67. The molecule has 2 fully saturated rings. The molecule has 3 heterocycles. The number of piperidine rings is 1. The number of nitrogens with two attached hydrogens (primary N) is 1. The molecule has 1 amide bonds. The molecule has 2 saturated heterocycles. The number of ether oxygens (including phenoxy) is 1. The van der Waals surface area contributed by atoms with Crippen molar-refractivity contribution in [2.24, 2.45) is 0 Å². The van der Waals surface area contributed by atoms with E-state index in [9.17, 15) is 9.18 Å². The zero-order chi connectivity index (χ0) is 26.8. The fraction of sp³-hybridized carbons (Fsp3) is 0.393. The molecule has 38 heavy (non-hydrogen) atoms. The SMILES string of the molecule is CC(Oc1nc(-c2ccccc2C2CN(C=O)CCC2N2CCCC2)cnc1N)c1c(Cl)ccc(F)c1Cl. The van der Waals surface area contributed by atoms with Gasteiger partial charge in [-0.05, 0) is 57.0 Å². The van der Waals surface area contributed by atoms with Crippen molar-refractivity contribution >= 4 is 35.4 Å². The number of likely N-dealkylation sites (tertiary alicyclic amines) is 2. The van der Waals surface area contributed by atoms with Gasteiger partial charge in [0.1, 0.15) is 11.9 Å². The molecule has 0 bridgehead atoms. The van der Waals surface area contributed by atoms with Crippen LogP contribution in [0.3, 0.4) is 0 Å². The molecule has 0 spiro atoms. The lowest BCUT2D eigenvalue weighted by atomic mass is 9.82. The summed E-state index contributed by atoms with van der Waals surface area (Å²) in [4.78, 5) is 25.2. The number of hydrogen-bond donors (Lipinski definition) is 1. The maximum Gasteiger partial charge on any atom is 0.258 e.